The lowest BCUT2D eigenvalue weighted by Crippen LogP contribution is -2.34. The third kappa shape index (κ3) is 4.21. The molecule has 0 amide bonds. The van der Waals surface area contributed by atoms with E-state index in [0.29, 0.717) is 16.9 Å². The van der Waals surface area contributed by atoms with Crippen LogP contribution >= 0.6 is 0 Å². The minimum atomic E-state index is 0.473. The fourth-order valence-electron chi connectivity index (χ4n) is 3.44. The molecule has 1 N–H and O–H groups in total. The Morgan fingerprint density at radius 2 is 1.21 bits per heavy atom. The second-order valence-electron chi connectivity index (χ2n) is 7.73. The maximum atomic E-state index is 3.99. The first-order chi connectivity index (χ1) is 8.87. The highest BCUT2D eigenvalue weighted by Gasteiger charge is 2.64. The van der Waals surface area contributed by atoms with Crippen LogP contribution in [0.5, 0.6) is 0 Å². The predicted octanol–water partition coefficient (Wildman–Crippen LogP) is 5.54. The van der Waals surface area contributed by atoms with Crippen molar-refractivity contribution in [2.45, 2.75) is 105 Å². The fourth-order valence-corrected chi connectivity index (χ4v) is 3.44. The molecule has 0 saturated heterocycles. The molecule has 1 fully saturated rings. The van der Waals surface area contributed by atoms with E-state index in [-0.39, 0.29) is 0 Å². The van der Waals surface area contributed by atoms with Crippen molar-refractivity contribution < 1.29 is 0 Å². The van der Waals surface area contributed by atoms with Gasteiger partial charge in [-0.3, -0.25) is 0 Å². The second-order valence-corrected chi connectivity index (χ2v) is 7.73. The molecule has 0 bridgehead atoms. The molecule has 1 rings (SSSR count). The van der Waals surface area contributed by atoms with Gasteiger partial charge in [0.15, 0.2) is 0 Å². The molecule has 1 nitrogen and oxygen atoms in total. The summed E-state index contributed by atoms with van der Waals surface area (Å²) in [6, 6.07) is 1.47. The lowest BCUT2D eigenvalue weighted by atomic mass is 10.0. The Balaban J connectivity index is 2.40. The molecule has 114 valence electrons. The highest BCUT2D eigenvalue weighted by atomic mass is 15.1. The normalized spacial score (nSPS) is 21.0. The molecular formula is C18H37N. The van der Waals surface area contributed by atoms with Gasteiger partial charge in [-0.05, 0) is 23.7 Å². The summed E-state index contributed by atoms with van der Waals surface area (Å²) in [6.45, 7) is 14.3. The summed E-state index contributed by atoms with van der Waals surface area (Å²) in [5.74, 6) is 0. The van der Waals surface area contributed by atoms with Gasteiger partial charge in [-0.25, -0.2) is 0 Å². The highest BCUT2D eigenvalue weighted by molar-refractivity contribution is 5.18. The van der Waals surface area contributed by atoms with Crippen molar-refractivity contribution in [1.29, 1.82) is 0 Å². The summed E-state index contributed by atoms with van der Waals surface area (Å²) in [4.78, 5) is 0. The van der Waals surface area contributed by atoms with Gasteiger partial charge in [-0.1, -0.05) is 80.1 Å². The van der Waals surface area contributed by atoms with Crippen molar-refractivity contribution >= 4 is 0 Å². The van der Waals surface area contributed by atoms with Crippen LogP contribution in [0, 0.1) is 10.8 Å². The van der Waals surface area contributed by atoms with Crippen LogP contribution in [0.25, 0.3) is 0 Å². The molecule has 0 aromatic heterocycles. The first-order valence-corrected chi connectivity index (χ1v) is 8.64. The Hall–Kier alpha value is -0.0400. The number of nitrogens with one attached hydrogen (secondary N) is 1. The number of rotatable bonds is 10. The Morgan fingerprint density at radius 1 is 0.789 bits per heavy atom. The first-order valence-electron chi connectivity index (χ1n) is 8.64. The van der Waals surface area contributed by atoms with Gasteiger partial charge < -0.3 is 5.32 Å². The van der Waals surface area contributed by atoms with Gasteiger partial charge in [-0.15, -0.1) is 0 Å². The van der Waals surface area contributed by atoms with Crippen molar-refractivity contribution in [1.82, 2.24) is 5.32 Å². The largest absolute Gasteiger partial charge is 0.310 e. The van der Waals surface area contributed by atoms with Gasteiger partial charge in [0.1, 0.15) is 0 Å². The molecule has 0 atom stereocenters. The third-order valence-corrected chi connectivity index (χ3v) is 5.74. The predicted molar refractivity (Wildman–Crippen MR) is 86.6 cm³/mol. The highest BCUT2D eigenvalue weighted by Crippen LogP contribution is 2.62. The van der Waals surface area contributed by atoms with Gasteiger partial charge in [-0.2, -0.15) is 0 Å². The van der Waals surface area contributed by atoms with Gasteiger partial charge in [0, 0.05) is 12.1 Å². The van der Waals surface area contributed by atoms with Gasteiger partial charge in [0.25, 0.3) is 0 Å². The molecule has 0 unspecified atom stereocenters. The van der Waals surface area contributed by atoms with E-state index in [1.807, 2.05) is 0 Å². The van der Waals surface area contributed by atoms with Crippen LogP contribution in [0.15, 0.2) is 0 Å². The van der Waals surface area contributed by atoms with Crippen molar-refractivity contribution in [2.24, 2.45) is 10.8 Å². The van der Waals surface area contributed by atoms with E-state index in [9.17, 15) is 0 Å². The van der Waals surface area contributed by atoms with Crippen molar-refractivity contribution in [2.75, 3.05) is 0 Å². The lowest BCUT2D eigenvalue weighted by molar-refractivity contribution is 0.390. The lowest BCUT2D eigenvalue weighted by Gasteiger charge is -2.20. The summed E-state index contributed by atoms with van der Waals surface area (Å²) >= 11 is 0. The minimum Gasteiger partial charge on any atom is -0.310 e. The average Bonchev–Trinajstić information content (AvgIpc) is 2.72. The average molecular weight is 268 g/mol. The molecule has 0 aromatic carbocycles. The molecular weight excluding hydrogens is 230 g/mol. The zero-order valence-corrected chi connectivity index (χ0v) is 14.3. The van der Waals surface area contributed by atoms with Crippen LogP contribution in [0.1, 0.15) is 92.9 Å². The molecule has 1 saturated carbocycles. The summed E-state index contributed by atoms with van der Waals surface area (Å²) in [5.41, 5.74) is 0.946. The van der Waals surface area contributed by atoms with Crippen LogP contribution in [0.3, 0.4) is 0 Å². The summed E-state index contributed by atoms with van der Waals surface area (Å²) in [7, 11) is 0. The van der Waals surface area contributed by atoms with Gasteiger partial charge >= 0.3 is 0 Å². The van der Waals surface area contributed by atoms with E-state index in [1.54, 1.807) is 0 Å². The Kier molecular flexibility index (Phi) is 6.36. The zero-order valence-electron chi connectivity index (χ0n) is 14.3. The van der Waals surface area contributed by atoms with Crippen LogP contribution in [-0.4, -0.2) is 12.1 Å². The first kappa shape index (κ1) is 17.0. The van der Waals surface area contributed by atoms with E-state index < -0.39 is 0 Å². The van der Waals surface area contributed by atoms with Gasteiger partial charge in [0.05, 0.1) is 0 Å². The van der Waals surface area contributed by atoms with E-state index >= 15 is 0 Å². The topological polar surface area (TPSA) is 12.0 Å². The molecule has 0 radical (unpaired) electrons. The Labute approximate surface area is 121 Å². The van der Waals surface area contributed by atoms with Crippen LogP contribution in [-0.2, 0) is 0 Å². The summed E-state index contributed by atoms with van der Waals surface area (Å²) in [5, 5.41) is 3.99. The van der Waals surface area contributed by atoms with E-state index in [4.69, 9.17) is 0 Å². The maximum Gasteiger partial charge on any atom is 0.0183 e. The zero-order chi connectivity index (χ0) is 14.5. The molecule has 19 heavy (non-hydrogen) atoms. The van der Waals surface area contributed by atoms with Crippen molar-refractivity contribution in [3.8, 4) is 0 Å². The molecule has 0 heterocycles. The molecule has 1 aliphatic carbocycles. The monoisotopic (exact) mass is 267 g/mol. The standard InChI is InChI=1S/C18H37N/c1-7-9-11-13-15(14-12-10-8-2)19-16-17(3,4)18(16,5)6/h15-16,19H,7-14H2,1-6H3. The van der Waals surface area contributed by atoms with Crippen molar-refractivity contribution in [3.05, 3.63) is 0 Å². The van der Waals surface area contributed by atoms with Crippen LogP contribution < -0.4 is 5.32 Å². The molecule has 1 aliphatic rings. The molecule has 0 spiro atoms. The SMILES string of the molecule is CCCCCC(CCCCC)NC1C(C)(C)C1(C)C. The Bertz CT molecular complexity index is 230. The van der Waals surface area contributed by atoms with Gasteiger partial charge in [0.2, 0.25) is 0 Å². The van der Waals surface area contributed by atoms with E-state index in [2.05, 4.69) is 46.9 Å². The number of hydrogen-bond donors (Lipinski definition) is 1. The van der Waals surface area contributed by atoms with Crippen LogP contribution in [0.2, 0.25) is 0 Å². The van der Waals surface area contributed by atoms with E-state index in [0.717, 1.165) is 6.04 Å². The number of hydrogen-bond acceptors (Lipinski definition) is 1. The Morgan fingerprint density at radius 3 is 1.53 bits per heavy atom. The minimum absolute atomic E-state index is 0.473. The quantitative estimate of drug-likeness (QED) is 0.512. The number of unbranched alkanes of at least 4 members (excludes halogenated alkanes) is 4. The molecule has 0 aliphatic heterocycles. The van der Waals surface area contributed by atoms with E-state index in [1.165, 1.54) is 51.4 Å². The van der Waals surface area contributed by atoms with Crippen molar-refractivity contribution in [3.63, 3.8) is 0 Å². The maximum absolute atomic E-state index is 3.99. The van der Waals surface area contributed by atoms with Crippen LogP contribution in [0.4, 0.5) is 0 Å². The fraction of sp³-hybridized carbons (Fsp3) is 1.00. The summed E-state index contributed by atoms with van der Waals surface area (Å²) in [6.07, 6.45) is 11.0. The second kappa shape index (κ2) is 7.11. The third-order valence-electron chi connectivity index (χ3n) is 5.74. The summed E-state index contributed by atoms with van der Waals surface area (Å²) < 4.78 is 0. The molecule has 0 aromatic rings. The smallest absolute Gasteiger partial charge is 0.0183 e. The molecule has 1 heteroatoms.